The Hall–Kier alpha value is -3.76. The number of nitrogens with two attached hydrogens (primary N) is 1. The first kappa shape index (κ1) is 32.4. The largest absolute Gasteiger partial charge is 0.504 e. The van der Waals surface area contributed by atoms with Crippen molar-refractivity contribution in [3.05, 3.63) is 39.4 Å². The third kappa shape index (κ3) is 4.38. The number of esters is 2. The number of aromatic hydroxyl groups is 1. The van der Waals surface area contributed by atoms with Gasteiger partial charge in [0.15, 0.2) is 23.0 Å². The topological polar surface area (TPSA) is 182 Å². The third-order valence-electron chi connectivity index (χ3n) is 11.1. The number of carbonyl (C=O) groups excluding carboxylic acids is 3. The van der Waals surface area contributed by atoms with Crippen LogP contribution in [0.4, 0.5) is 0 Å². The molecule has 1 saturated carbocycles. The van der Waals surface area contributed by atoms with Crippen LogP contribution in [0.15, 0.2) is 6.07 Å². The minimum Gasteiger partial charge on any atom is -0.504 e. The van der Waals surface area contributed by atoms with E-state index in [-0.39, 0.29) is 24.3 Å². The molecule has 5 aliphatic heterocycles. The molecule has 8 rings (SSSR count). The lowest BCUT2D eigenvalue weighted by Crippen LogP contribution is -2.71. The number of thioether (sulfide) groups is 1. The van der Waals surface area contributed by atoms with E-state index in [4.69, 9.17) is 29.4 Å². The molecule has 1 amide bonds. The van der Waals surface area contributed by atoms with E-state index >= 15 is 0 Å². The first-order valence-electron chi connectivity index (χ1n) is 16.4. The monoisotopic (exact) mass is 696 g/mol. The fraction of sp³-hybridized carbons (Fsp3) is 0.559. The average molecular weight is 697 g/mol. The molecular weight excluding hydrogens is 656 g/mol. The summed E-state index contributed by atoms with van der Waals surface area (Å²) in [7, 11) is 3.46. The van der Waals surface area contributed by atoms with Crippen LogP contribution >= 0.6 is 11.8 Å². The summed E-state index contributed by atoms with van der Waals surface area (Å²) < 4.78 is 30.1. The lowest BCUT2D eigenvalue weighted by molar-refractivity contribution is -0.189. The SMILES string of the molecule is COc1c(C)cc2c(c1O)[C@@H]1C3[C@@H]4SC[C@H](NC(=O)C(C)N)C(=O)OC5CC5(c5c6c(c(C)c(OC(C)=O)c54)OCO6)N3[C@@H](O)[C@H](C2)N1C. The Labute approximate surface area is 287 Å². The molecule has 14 nitrogen and oxygen atoms in total. The van der Waals surface area contributed by atoms with Gasteiger partial charge in [0, 0.05) is 47.4 Å². The summed E-state index contributed by atoms with van der Waals surface area (Å²) >= 11 is 1.37. The van der Waals surface area contributed by atoms with Crippen molar-refractivity contribution in [3.8, 4) is 28.7 Å². The standard InChI is InChI=1S/C34H40N4O10S/c1-12-7-16-8-18-32(42)38-24(23(37(18)5)20(16)25(40)26(12)44-6)30-21-22(29-28(45-11-46-29)13(2)27(21)47-15(4)39)34(38)9-19(34)48-33(43)17(10-49-30)36-31(41)14(3)35/h7,14,17-19,23-24,30,32,40,42H,8-11,35H2,1-6H3,(H,36,41)/t14?,17-,18-,19?,23+,24?,30+,32-,34?/m0/s1. The predicted molar refractivity (Wildman–Crippen MR) is 175 cm³/mol. The van der Waals surface area contributed by atoms with E-state index < -0.39 is 65.1 Å². The highest BCUT2D eigenvalue weighted by Gasteiger charge is 2.74. The first-order chi connectivity index (χ1) is 23.3. The van der Waals surface area contributed by atoms with Crippen LogP contribution in [0.25, 0.3) is 0 Å². The number of hydrogen-bond acceptors (Lipinski definition) is 14. The molecule has 5 N–H and O–H groups in total. The molecule has 0 radical (unpaired) electrons. The van der Waals surface area contributed by atoms with Crippen molar-refractivity contribution >= 4 is 29.6 Å². The van der Waals surface area contributed by atoms with Gasteiger partial charge in [-0.1, -0.05) is 6.07 Å². The second kappa shape index (κ2) is 11.1. The van der Waals surface area contributed by atoms with Gasteiger partial charge in [-0.3, -0.25) is 19.4 Å². The van der Waals surface area contributed by atoms with Crippen LogP contribution in [0.1, 0.15) is 64.9 Å². The Morgan fingerprint density at radius 1 is 1.20 bits per heavy atom. The zero-order valence-electron chi connectivity index (χ0n) is 28.1. The molecule has 262 valence electrons. The van der Waals surface area contributed by atoms with E-state index in [9.17, 15) is 24.6 Å². The van der Waals surface area contributed by atoms with Gasteiger partial charge >= 0.3 is 11.9 Å². The van der Waals surface area contributed by atoms with E-state index in [1.807, 2.05) is 31.9 Å². The van der Waals surface area contributed by atoms with Crippen LogP contribution in [-0.4, -0.2) is 101 Å². The summed E-state index contributed by atoms with van der Waals surface area (Å²) in [6.45, 7) is 6.50. The van der Waals surface area contributed by atoms with E-state index in [0.29, 0.717) is 58.1 Å². The number of fused-ring (bicyclic) bond motifs is 8. The zero-order valence-corrected chi connectivity index (χ0v) is 28.9. The number of likely N-dealkylation sites (N-methyl/N-ethyl adjacent to an activating group) is 1. The fourth-order valence-corrected chi connectivity index (χ4v) is 10.5. The number of aliphatic hydroxyl groups is 1. The Bertz CT molecular complexity index is 1820. The quantitative estimate of drug-likeness (QED) is 0.266. The van der Waals surface area contributed by atoms with Crippen LogP contribution in [0, 0.1) is 13.8 Å². The lowest BCUT2D eigenvalue weighted by atomic mass is 9.72. The average Bonchev–Trinajstić information content (AvgIpc) is 3.48. The zero-order chi connectivity index (χ0) is 34.8. The summed E-state index contributed by atoms with van der Waals surface area (Å²) in [6.07, 6.45) is -1.05. The molecule has 2 saturated heterocycles. The van der Waals surface area contributed by atoms with Crippen molar-refractivity contribution in [3.63, 3.8) is 0 Å². The Kier molecular flexibility index (Phi) is 7.36. The summed E-state index contributed by atoms with van der Waals surface area (Å²) in [5, 5.41) is 26.5. The van der Waals surface area contributed by atoms with Gasteiger partial charge in [-0.05, 0) is 45.4 Å². The van der Waals surface area contributed by atoms with Gasteiger partial charge in [0.1, 0.15) is 24.1 Å². The molecule has 3 fully saturated rings. The molecule has 1 aliphatic carbocycles. The molecule has 9 atom stereocenters. The summed E-state index contributed by atoms with van der Waals surface area (Å²) in [6, 6.07) is -1.31. The fourth-order valence-electron chi connectivity index (χ4n) is 8.99. The van der Waals surface area contributed by atoms with Gasteiger partial charge in [0.25, 0.3) is 0 Å². The molecule has 4 unspecified atom stereocenters. The number of aryl methyl sites for hydroxylation is 1. The second-order valence-corrected chi connectivity index (χ2v) is 15.1. The number of aliphatic hydroxyl groups excluding tert-OH is 1. The highest BCUT2D eigenvalue weighted by molar-refractivity contribution is 7.99. The second-order valence-electron chi connectivity index (χ2n) is 13.9. The summed E-state index contributed by atoms with van der Waals surface area (Å²) in [4.78, 5) is 43.4. The number of phenols is 1. The Balaban J connectivity index is 1.42. The van der Waals surface area contributed by atoms with Crippen molar-refractivity contribution in [1.82, 2.24) is 15.1 Å². The molecule has 2 aromatic carbocycles. The van der Waals surface area contributed by atoms with E-state index in [0.717, 1.165) is 11.1 Å². The molecule has 6 aliphatic rings. The predicted octanol–water partition coefficient (Wildman–Crippen LogP) is 1.42. The van der Waals surface area contributed by atoms with Gasteiger partial charge in [-0.25, -0.2) is 4.79 Å². The van der Waals surface area contributed by atoms with E-state index in [1.165, 1.54) is 32.7 Å². The van der Waals surface area contributed by atoms with Crippen molar-refractivity contribution < 1.29 is 48.3 Å². The van der Waals surface area contributed by atoms with Crippen LogP contribution in [0.2, 0.25) is 0 Å². The highest BCUT2D eigenvalue weighted by atomic mass is 32.2. The third-order valence-corrected chi connectivity index (χ3v) is 12.5. The Morgan fingerprint density at radius 2 is 1.94 bits per heavy atom. The molecule has 4 bridgehead atoms. The maximum absolute atomic E-state index is 13.8. The van der Waals surface area contributed by atoms with Gasteiger partial charge < -0.3 is 44.9 Å². The number of phenolic OH excluding ortho intramolecular Hbond substituents is 1. The first-order valence-corrected chi connectivity index (χ1v) is 17.5. The molecule has 5 heterocycles. The number of hydrogen-bond donors (Lipinski definition) is 4. The van der Waals surface area contributed by atoms with Gasteiger partial charge in [-0.15, -0.1) is 11.8 Å². The number of piperazine rings is 1. The molecule has 1 spiro atoms. The summed E-state index contributed by atoms with van der Waals surface area (Å²) in [5.41, 5.74) is 9.03. The van der Waals surface area contributed by atoms with Crippen molar-refractivity contribution in [2.75, 3.05) is 26.7 Å². The van der Waals surface area contributed by atoms with Crippen molar-refractivity contribution in [1.29, 1.82) is 0 Å². The molecule has 15 heteroatoms. The van der Waals surface area contributed by atoms with Crippen LogP contribution in [-0.2, 0) is 31.1 Å². The lowest BCUT2D eigenvalue weighted by Gasteiger charge is -2.62. The van der Waals surface area contributed by atoms with Crippen molar-refractivity contribution in [2.24, 2.45) is 5.73 Å². The Morgan fingerprint density at radius 3 is 2.63 bits per heavy atom. The van der Waals surface area contributed by atoms with Crippen LogP contribution in [0.3, 0.4) is 0 Å². The van der Waals surface area contributed by atoms with Crippen LogP contribution < -0.4 is 30.0 Å². The van der Waals surface area contributed by atoms with Gasteiger partial charge in [0.2, 0.25) is 12.7 Å². The molecular formula is C34H40N4O10S. The number of ether oxygens (including phenoxy) is 5. The summed E-state index contributed by atoms with van der Waals surface area (Å²) in [5.74, 6) is 0.0503. The molecule has 2 aromatic rings. The number of methoxy groups -OCH3 is 1. The normalized spacial score (nSPS) is 32.9. The highest BCUT2D eigenvalue weighted by Crippen LogP contribution is 2.71. The maximum atomic E-state index is 13.8. The number of benzene rings is 2. The van der Waals surface area contributed by atoms with Gasteiger partial charge in [0.05, 0.1) is 36.0 Å². The smallest absolute Gasteiger partial charge is 0.329 e. The van der Waals surface area contributed by atoms with E-state index in [1.54, 1.807) is 0 Å². The number of nitrogens with zero attached hydrogens (tertiary/aromatic N) is 2. The van der Waals surface area contributed by atoms with Gasteiger partial charge in [-0.2, -0.15) is 0 Å². The number of nitrogens with one attached hydrogen (secondary N) is 1. The number of carbonyl (C=O) groups is 3. The maximum Gasteiger partial charge on any atom is 0.329 e. The van der Waals surface area contributed by atoms with Crippen molar-refractivity contribution in [2.45, 2.75) is 93.9 Å². The number of amides is 1. The van der Waals surface area contributed by atoms with Crippen LogP contribution in [0.5, 0.6) is 28.7 Å². The molecule has 49 heavy (non-hydrogen) atoms. The minimum atomic E-state index is -1.11. The minimum absolute atomic E-state index is 0.0303. The molecule has 0 aromatic heterocycles. The number of rotatable bonds is 4. The van der Waals surface area contributed by atoms with E-state index in [2.05, 4.69) is 10.2 Å².